The van der Waals surface area contributed by atoms with Gasteiger partial charge in [-0.05, 0) is 69.1 Å². The maximum atomic E-state index is 12.5. The fraction of sp³-hybridized carbons (Fsp3) is 0.486. The number of likely N-dealkylation sites (tertiary alicyclic amines) is 1. The molecule has 2 fully saturated rings. The number of ether oxygens (including phenoxy) is 1. The van der Waals surface area contributed by atoms with E-state index in [4.69, 9.17) is 20.0 Å². The van der Waals surface area contributed by atoms with Gasteiger partial charge in [-0.1, -0.05) is 49.4 Å². The molecule has 0 radical (unpaired) electrons. The highest BCUT2D eigenvalue weighted by Crippen LogP contribution is 2.27. The van der Waals surface area contributed by atoms with E-state index in [0.29, 0.717) is 51.4 Å². The fourth-order valence-corrected chi connectivity index (χ4v) is 6.00. The largest absolute Gasteiger partial charge is 0.462 e. The van der Waals surface area contributed by atoms with Crippen molar-refractivity contribution in [2.45, 2.75) is 52.5 Å². The molecule has 3 aliphatic heterocycles. The van der Waals surface area contributed by atoms with Gasteiger partial charge in [-0.3, -0.25) is 4.79 Å². The number of benzene rings is 2. The summed E-state index contributed by atoms with van der Waals surface area (Å²) in [6.07, 6.45) is 8.25. The summed E-state index contributed by atoms with van der Waals surface area (Å²) in [6.45, 7) is 9.44. The maximum Gasteiger partial charge on any atom is 0.319 e. The van der Waals surface area contributed by atoms with Crippen molar-refractivity contribution >= 4 is 46.9 Å². The number of piperazine rings is 1. The summed E-state index contributed by atoms with van der Waals surface area (Å²) in [7, 11) is 2.14. The first-order valence-corrected chi connectivity index (χ1v) is 17.5. The van der Waals surface area contributed by atoms with Crippen LogP contribution in [0.4, 0.5) is 10.1 Å². The van der Waals surface area contributed by atoms with E-state index in [1.165, 1.54) is 35.4 Å². The molecule has 1 amide bonds. The zero-order valence-electron chi connectivity index (χ0n) is 29.0. The summed E-state index contributed by atoms with van der Waals surface area (Å²) < 4.78 is 18.9. The number of halogens is 1. The van der Waals surface area contributed by atoms with Gasteiger partial charge in [0.15, 0.2) is 0 Å². The highest BCUT2D eigenvalue weighted by Gasteiger charge is 2.27. The summed E-state index contributed by atoms with van der Waals surface area (Å²) in [5, 5.41) is 13.3. The Bertz CT molecular complexity index is 1560. The van der Waals surface area contributed by atoms with Crippen LogP contribution in [0, 0.1) is 18.3 Å². The van der Waals surface area contributed by atoms with Crippen molar-refractivity contribution in [3.8, 4) is 6.07 Å². The molecule has 2 saturated heterocycles. The second kappa shape index (κ2) is 20.3. The molecule has 3 heterocycles. The van der Waals surface area contributed by atoms with Crippen molar-refractivity contribution in [1.82, 2.24) is 14.7 Å². The van der Waals surface area contributed by atoms with Crippen LogP contribution in [0.15, 0.2) is 75.5 Å². The first-order chi connectivity index (χ1) is 23.4. The number of thiol groups is 1. The lowest BCUT2D eigenvalue weighted by Crippen LogP contribution is -2.50. The molecule has 258 valence electrons. The Morgan fingerprint density at radius 2 is 1.88 bits per heavy atom. The number of hydrogen-bond acceptors (Lipinski definition) is 9. The normalized spacial score (nSPS) is 17.9. The van der Waals surface area contributed by atoms with E-state index in [1.54, 1.807) is 17.2 Å². The lowest BCUT2D eigenvalue weighted by atomic mass is 10.0. The number of carbonyl (C=O) groups excluding carboxylic acids is 1. The van der Waals surface area contributed by atoms with Gasteiger partial charge in [0.1, 0.15) is 24.8 Å². The molecule has 1 atom stereocenters. The summed E-state index contributed by atoms with van der Waals surface area (Å²) in [5.41, 5.74) is 7.62. The molecule has 48 heavy (non-hydrogen) atoms. The molecule has 1 N–H and O–H groups in total. The minimum atomic E-state index is -0.643. The molecular weight excluding hydrogens is 626 g/mol. The third kappa shape index (κ3) is 10.7. The Balaban J connectivity index is 0.00000118. The Morgan fingerprint density at radius 3 is 2.52 bits per heavy atom. The highest BCUT2D eigenvalue weighted by atomic mass is 32.1. The fourth-order valence-electron chi connectivity index (χ4n) is 6.00. The number of anilines is 1. The van der Waals surface area contributed by atoms with Crippen molar-refractivity contribution in [1.29, 1.82) is 5.26 Å². The van der Waals surface area contributed by atoms with Crippen LogP contribution >= 0.6 is 12.6 Å². The monoisotopic (exact) mass is 675 g/mol. The molecule has 2 aromatic carbocycles. The zero-order chi connectivity index (χ0) is 34.9. The number of amidine groups is 2. The number of amides is 1. The van der Waals surface area contributed by atoms with Crippen LogP contribution in [0.25, 0.3) is 10.8 Å². The van der Waals surface area contributed by atoms with E-state index in [9.17, 15) is 9.18 Å². The van der Waals surface area contributed by atoms with Gasteiger partial charge in [0.2, 0.25) is 5.91 Å². The maximum absolute atomic E-state index is 12.5. The molecule has 11 heteroatoms. The van der Waals surface area contributed by atoms with E-state index in [2.05, 4.69) is 90.8 Å². The Labute approximate surface area is 291 Å². The number of alkyl halides is 1. The molecule has 0 bridgehead atoms. The second-order valence-corrected chi connectivity index (χ2v) is 11.6. The van der Waals surface area contributed by atoms with Crippen molar-refractivity contribution in [2.24, 2.45) is 9.98 Å². The third-order valence-corrected chi connectivity index (χ3v) is 8.37. The average Bonchev–Trinajstić information content (AvgIpc) is 3.43. The van der Waals surface area contributed by atoms with Gasteiger partial charge in [0.05, 0.1) is 12.6 Å². The third-order valence-electron chi connectivity index (χ3n) is 8.37. The van der Waals surface area contributed by atoms with E-state index >= 15 is 0 Å². The van der Waals surface area contributed by atoms with Crippen LogP contribution in [0.1, 0.15) is 45.1 Å². The van der Waals surface area contributed by atoms with E-state index < -0.39 is 6.67 Å². The number of likely N-dealkylation sites (N-methyl/N-ethyl adjacent to an activating group) is 1. The van der Waals surface area contributed by atoms with Gasteiger partial charge in [-0.25, -0.2) is 4.39 Å². The van der Waals surface area contributed by atoms with E-state index in [1.807, 2.05) is 0 Å². The summed E-state index contributed by atoms with van der Waals surface area (Å²) in [5.74, 6) is 0.649. The molecule has 2 aromatic rings. The first kappa shape index (κ1) is 38.3. The number of allylic oxidation sites excluding steroid dienone is 1. The molecule has 3 aliphatic rings. The summed E-state index contributed by atoms with van der Waals surface area (Å²) in [6, 6.07) is 15.1. The number of nitrogens with zero attached hydrogens (tertiary/aromatic N) is 6. The van der Waals surface area contributed by atoms with Gasteiger partial charge in [-0.2, -0.15) is 27.9 Å². The van der Waals surface area contributed by atoms with Gasteiger partial charge in [0.25, 0.3) is 0 Å². The van der Waals surface area contributed by atoms with Gasteiger partial charge >= 0.3 is 6.02 Å². The molecule has 0 saturated carbocycles. The minimum Gasteiger partial charge on any atom is -0.462 e. The standard InChI is InChI=1S/C34H43FN6O2.C2H3N.CH4S/c1-4-9-27-22-28(23-36-30-14-6-12-26-11-5-10-25(2)32(26)30)37-34(43-24-29-13-8-17-39(29)3)38-33(27)41-20-18-40(19-21-41)31(42)15-7-16-35;1-2-3;1-2/h5-7,10-12,14-15,29,36H,4,8-9,13,16-21,23-24H2,1-3H3;1H3;2H,1H3/b15-7+;;. The SMILES string of the molecule is CC#N.CCCC1=C=C(CNc2cccc3cccc(C)c23)N=C(OCC2CCCN2C)N=C1N1CCN(C(=O)/C=C/CF)CC1.CS. The summed E-state index contributed by atoms with van der Waals surface area (Å²) >= 11 is 3.53. The predicted octanol–water partition coefficient (Wildman–Crippen LogP) is 6.39. The number of aryl methyl sites for hydroxylation is 1. The smallest absolute Gasteiger partial charge is 0.319 e. The number of nitrogens with one attached hydrogen (secondary N) is 1. The van der Waals surface area contributed by atoms with Crippen LogP contribution in [0.2, 0.25) is 0 Å². The predicted molar refractivity (Wildman–Crippen MR) is 199 cm³/mol. The highest BCUT2D eigenvalue weighted by molar-refractivity contribution is 7.79. The number of carbonyl (C=O) groups is 1. The lowest BCUT2D eigenvalue weighted by molar-refractivity contribution is -0.127. The molecule has 1 unspecified atom stereocenters. The topological polar surface area (TPSA) is 96.6 Å². The number of rotatable bonds is 9. The van der Waals surface area contributed by atoms with Crippen molar-refractivity contribution in [3.05, 3.63) is 71.1 Å². The van der Waals surface area contributed by atoms with Gasteiger partial charge in [0, 0.05) is 61.9 Å². The number of hydrogen-bond donors (Lipinski definition) is 2. The number of fused-ring (bicyclic) bond motifs is 1. The molecule has 0 aromatic heterocycles. The Morgan fingerprint density at radius 1 is 1.17 bits per heavy atom. The number of nitriles is 1. The van der Waals surface area contributed by atoms with Crippen LogP contribution in [-0.4, -0.2) is 104 Å². The first-order valence-electron chi connectivity index (χ1n) is 16.6. The molecule has 0 aliphatic carbocycles. The Hall–Kier alpha value is -4.10. The molecule has 0 spiro atoms. The van der Waals surface area contributed by atoms with Crippen molar-refractivity contribution in [3.63, 3.8) is 0 Å². The second-order valence-electron chi connectivity index (χ2n) is 11.6. The van der Waals surface area contributed by atoms with E-state index in [-0.39, 0.29) is 5.91 Å². The van der Waals surface area contributed by atoms with Gasteiger partial charge < -0.3 is 24.8 Å². The summed E-state index contributed by atoms with van der Waals surface area (Å²) in [4.78, 5) is 28.6. The van der Waals surface area contributed by atoms with Crippen LogP contribution in [0.5, 0.6) is 0 Å². The quantitative estimate of drug-likeness (QED) is 0.182. The van der Waals surface area contributed by atoms with Crippen LogP contribution in [0.3, 0.4) is 0 Å². The van der Waals surface area contributed by atoms with Crippen molar-refractivity contribution in [2.75, 3.05) is 71.2 Å². The van der Waals surface area contributed by atoms with Crippen LogP contribution < -0.4 is 5.32 Å². The lowest BCUT2D eigenvalue weighted by Gasteiger charge is -2.36. The average molecular weight is 676 g/mol. The number of aliphatic imine (C=N–C) groups is 2. The molecule has 9 nitrogen and oxygen atoms in total. The van der Waals surface area contributed by atoms with E-state index in [0.717, 1.165) is 55.0 Å². The zero-order valence-corrected chi connectivity index (χ0v) is 29.9. The molecular formula is C37H50FN7O2S. The van der Waals surface area contributed by atoms with Crippen molar-refractivity contribution < 1.29 is 13.9 Å². The minimum absolute atomic E-state index is 0.160. The molecule has 5 rings (SSSR count). The van der Waals surface area contributed by atoms with Crippen LogP contribution in [-0.2, 0) is 9.53 Å². The van der Waals surface area contributed by atoms with Gasteiger partial charge in [-0.15, -0.1) is 0 Å². The Kier molecular flexibility index (Phi) is 16.2.